The second-order valence-corrected chi connectivity index (χ2v) is 5.23. The van der Waals surface area contributed by atoms with Crippen LogP contribution in [-0.2, 0) is 9.59 Å². The van der Waals surface area contributed by atoms with Gasteiger partial charge in [0, 0.05) is 19.6 Å². The molecule has 0 aromatic carbocycles. The number of rotatable bonds is 8. The summed E-state index contributed by atoms with van der Waals surface area (Å²) in [4.78, 5) is 28.7. The summed E-state index contributed by atoms with van der Waals surface area (Å²) in [5.74, 6) is -0.276. The molecular weight excluding hydrogens is 272 g/mol. The van der Waals surface area contributed by atoms with Crippen LogP contribution in [0.15, 0.2) is 4.99 Å². The Morgan fingerprint density at radius 2 is 1.86 bits per heavy atom. The maximum Gasteiger partial charge on any atom is 0.241 e. The van der Waals surface area contributed by atoms with Crippen molar-refractivity contribution in [2.45, 2.75) is 38.1 Å². The van der Waals surface area contributed by atoms with E-state index in [4.69, 9.17) is 17.2 Å². The number of guanidine groups is 1. The Morgan fingerprint density at radius 3 is 2.48 bits per heavy atom. The molecule has 1 saturated heterocycles. The van der Waals surface area contributed by atoms with E-state index in [-0.39, 0.29) is 24.3 Å². The molecule has 0 aromatic heterocycles. The molecule has 1 aliphatic rings. The molecule has 1 rings (SSSR count). The molecule has 8 nitrogen and oxygen atoms in total. The minimum absolute atomic E-state index is 0.0456. The first-order valence-corrected chi connectivity index (χ1v) is 7.37. The van der Waals surface area contributed by atoms with Crippen LogP contribution in [0.5, 0.6) is 0 Å². The van der Waals surface area contributed by atoms with Crippen LogP contribution in [0.2, 0.25) is 0 Å². The molecule has 8 heteroatoms. The second kappa shape index (κ2) is 9.17. The van der Waals surface area contributed by atoms with Crippen molar-refractivity contribution in [3.05, 3.63) is 0 Å². The highest BCUT2D eigenvalue weighted by Crippen LogP contribution is 2.10. The number of unbranched alkanes of at least 4 members (excludes halogenated alkanes) is 1. The van der Waals surface area contributed by atoms with Crippen LogP contribution in [0.1, 0.15) is 32.1 Å². The van der Waals surface area contributed by atoms with Gasteiger partial charge in [0.1, 0.15) is 6.54 Å². The summed E-state index contributed by atoms with van der Waals surface area (Å²) in [5, 5.41) is 2.70. The molecule has 7 N–H and O–H groups in total. The topological polar surface area (TPSA) is 140 Å². The molecule has 0 radical (unpaired) electrons. The fourth-order valence-corrected chi connectivity index (χ4v) is 2.23. The van der Waals surface area contributed by atoms with Gasteiger partial charge in [-0.25, -0.2) is 4.99 Å². The van der Waals surface area contributed by atoms with E-state index in [2.05, 4.69) is 10.3 Å². The first-order chi connectivity index (χ1) is 10.0. The number of nitrogens with one attached hydrogen (secondary N) is 1. The van der Waals surface area contributed by atoms with Crippen LogP contribution in [0.3, 0.4) is 0 Å². The van der Waals surface area contributed by atoms with Gasteiger partial charge in [-0.3, -0.25) is 9.59 Å². The Balaban J connectivity index is 2.06. The predicted molar refractivity (Wildman–Crippen MR) is 81.3 cm³/mol. The average Bonchev–Trinajstić information content (AvgIpc) is 2.97. The lowest BCUT2D eigenvalue weighted by Crippen LogP contribution is -2.42. The van der Waals surface area contributed by atoms with Gasteiger partial charge >= 0.3 is 0 Å². The quantitative estimate of drug-likeness (QED) is 0.245. The minimum Gasteiger partial charge on any atom is -0.370 e. The lowest BCUT2D eigenvalue weighted by atomic mass is 10.1. The van der Waals surface area contributed by atoms with Crippen LogP contribution < -0.4 is 22.5 Å². The van der Waals surface area contributed by atoms with Gasteiger partial charge in [-0.2, -0.15) is 0 Å². The van der Waals surface area contributed by atoms with Crippen molar-refractivity contribution >= 4 is 17.8 Å². The number of carbonyl (C=O) groups excluding carboxylic acids is 2. The average molecular weight is 298 g/mol. The Bertz CT molecular complexity index is 375. The van der Waals surface area contributed by atoms with Gasteiger partial charge in [0.2, 0.25) is 11.8 Å². The SMILES string of the molecule is NC(N)=NCC(=O)NCCCC[C@H](N)C(=O)N1CCCC1. The Kier molecular flexibility index (Phi) is 7.52. The van der Waals surface area contributed by atoms with Crippen LogP contribution in [-0.4, -0.2) is 54.9 Å². The lowest BCUT2D eigenvalue weighted by molar-refractivity contribution is -0.131. The number of likely N-dealkylation sites (tertiary alicyclic amines) is 1. The molecule has 0 aromatic rings. The molecule has 21 heavy (non-hydrogen) atoms. The van der Waals surface area contributed by atoms with Gasteiger partial charge in [0.25, 0.3) is 0 Å². The highest BCUT2D eigenvalue weighted by atomic mass is 16.2. The Morgan fingerprint density at radius 1 is 1.19 bits per heavy atom. The third-order valence-corrected chi connectivity index (χ3v) is 3.40. The summed E-state index contributed by atoms with van der Waals surface area (Å²) < 4.78 is 0. The van der Waals surface area contributed by atoms with Crippen LogP contribution in [0, 0.1) is 0 Å². The van der Waals surface area contributed by atoms with Gasteiger partial charge in [-0.1, -0.05) is 0 Å². The van der Waals surface area contributed by atoms with Crippen molar-refractivity contribution in [3.63, 3.8) is 0 Å². The number of nitrogens with two attached hydrogens (primary N) is 3. The summed E-state index contributed by atoms with van der Waals surface area (Å²) >= 11 is 0. The van der Waals surface area contributed by atoms with Crippen molar-refractivity contribution in [1.82, 2.24) is 10.2 Å². The van der Waals surface area contributed by atoms with Crippen molar-refractivity contribution in [2.75, 3.05) is 26.2 Å². The third kappa shape index (κ3) is 6.94. The largest absolute Gasteiger partial charge is 0.370 e. The summed E-state index contributed by atoms with van der Waals surface area (Å²) in [6.07, 6.45) is 4.34. The standard InChI is InChI=1S/C13H26N6O2/c14-10(12(21)19-7-3-4-8-19)5-1-2-6-17-11(20)9-18-13(15)16/h10H,1-9,14H2,(H,17,20)(H4,15,16,18)/t10-/m0/s1. The summed E-state index contributed by atoms with van der Waals surface area (Å²) in [5.41, 5.74) is 16.2. The lowest BCUT2D eigenvalue weighted by Gasteiger charge is -2.20. The van der Waals surface area contributed by atoms with E-state index in [9.17, 15) is 9.59 Å². The van der Waals surface area contributed by atoms with Crippen molar-refractivity contribution in [2.24, 2.45) is 22.2 Å². The summed E-state index contributed by atoms with van der Waals surface area (Å²) in [6.45, 7) is 2.12. The van der Waals surface area contributed by atoms with Gasteiger partial charge in [0.15, 0.2) is 5.96 Å². The molecule has 0 unspecified atom stereocenters. The zero-order valence-electron chi connectivity index (χ0n) is 12.4. The molecular formula is C13H26N6O2. The van der Waals surface area contributed by atoms with Crippen molar-refractivity contribution < 1.29 is 9.59 Å². The van der Waals surface area contributed by atoms with E-state index >= 15 is 0 Å². The van der Waals surface area contributed by atoms with Gasteiger partial charge in [0.05, 0.1) is 6.04 Å². The van der Waals surface area contributed by atoms with E-state index in [1.165, 1.54) is 0 Å². The van der Waals surface area contributed by atoms with Crippen LogP contribution in [0.25, 0.3) is 0 Å². The normalized spacial score (nSPS) is 15.6. The van der Waals surface area contributed by atoms with Gasteiger partial charge < -0.3 is 27.4 Å². The maximum absolute atomic E-state index is 12.0. The first kappa shape index (κ1) is 17.2. The fourth-order valence-electron chi connectivity index (χ4n) is 2.23. The minimum atomic E-state index is -0.430. The number of amides is 2. The molecule has 120 valence electrons. The second-order valence-electron chi connectivity index (χ2n) is 5.23. The number of carbonyl (C=O) groups is 2. The molecule has 1 fully saturated rings. The zero-order valence-corrected chi connectivity index (χ0v) is 12.4. The molecule has 0 bridgehead atoms. The number of hydrogen-bond donors (Lipinski definition) is 4. The number of nitrogens with zero attached hydrogens (tertiary/aromatic N) is 2. The molecule has 1 atom stereocenters. The van der Waals surface area contributed by atoms with Crippen LogP contribution in [0.4, 0.5) is 0 Å². The fraction of sp³-hybridized carbons (Fsp3) is 0.769. The van der Waals surface area contributed by atoms with Crippen molar-refractivity contribution in [3.8, 4) is 0 Å². The smallest absolute Gasteiger partial charge is 0.241 e. The molecule has 0 spiro atoms. The zero-order chi connectivity index (χ0) is 15.7. The van der Waals surface area contributed by atoms with E-state index in [1.807, 2.05) is 4.90 Å². The van der Waals surface area contributed by atoms with Crippen molar-refractivity contribution in [1.29, 1.82) is 0 Å². The molecule has 2 amide bonds. The molecule has 0 aliphatic carbocycles. The van der Waals surface area contributed by atoms with Crippen LogP contribution >= 0.6 is 0 Å². The van der Waals surface area contributed by atoms with Gasteiger partial charge in [-0.15, -0.1) is 0 Å². The number of aliphatic imine (C=N–C) groups is 1. The Hall–Kier alpha value is -1.83. The third-order valence-electron chi connectivity index (χ3n) is 3.40. The van der Waals surface area contributed by atoms with E-state index in [0.717, 1.165) is 38.8 Å². The summed E-state index contributed by atoms with van der Waals surface area (Å²) in [7, 11) is 0. The molecule has 1 aliphatic heterocycles. The maximum atomic E-state index is 12.0. The van der Waals surface area contributed by atoms with Gasteiger partial charge in [-0.05, 0) is 32.1 Å². The highest BCUT2D eigenvalue weighted by Gasteiger charge is 2.22. The number of hydrogen-bond acceptors (Lipinski definition) is 4. The monoisotopic (exact) mass is 298 g/mol. The van der Waals surface area contributed by atoms with E-state index < -0.39 is 6.04 Å². The molecule has 0 saturated carbocycles. The van der Waals surface area contributed by atoms with E-state index in [0.29, 0.717) is 13.0 Å². The summed E-state index contributed by atoms with van der Waals surface area (Å²) in [6, 6.07) is -0.430. The molecule has 1 heterocycles. The van der Waals surface area contributed by atoms with E-state index in [1.54, 1.807) is 0 Å². The Labute approximate surface area is 125 Å². The highest BCUT2D eigenvalue weighted by molar-refractivity contribution is 5.83. The predicted octanol–water partition coefficient (Wildman–Crippen LogP) is -1.50. The first-order valence-electron chi connectivity index (χ1n) is 7.37.